The number of aryl methyl sites for hydroxylation is 2. The summed E-state index contributed by atoms with van der Waals surface area (Å²) in [5.41, 5.74) is 6.46. The number of benzene rings is 2. The van der Waals surface area contributed by atoms with Crippen molar-refractivity contribution in [1.82, 2.24) is 0 Å². The van der Waals surface area contributed by atoms with Gasteiger partial charge in [-0.2, -0.15) is 0 Å². The number of fused-ring (bicyclic) bond motifs is 1. The van der Waals surface area contributed by atoms with Crippen molar-refractivity contribution < 1.29 is 9.53 Å². The molecule has 2 nitrogen and oxygen atoms in total. The van der Waals surface area contributed by atoms with Crippen LogP contribution in [0, 0.1) is 20.8 Å². The van der Waals surface area contributed by atoms with Gasteiger partial charge in [-0.3, -0.25) is 0 Å². The fraction of sp³-hybridized carbons (Fsp3) is 0.278. The van der Waals surface area contributed by atoms with Gasteiger partial charge in [0.2, 0.25) is 0 Å². The van der Waals surface area contributed by atoms with Gasteiger partial charge in [0.25, 0.3) is 0 Å². The van der Waals surface area contributed by atoms with E-state index in [4.69, 9.17) is 4.74 Å². The maximum absolute atomic E-state index is 12.1. The van der Waals surface area contributed by atoms with E-state index in [2.05, 4.69) is 32.0 Å². The number of hydrogen-bond acceptors (Lipinski definition) is 2. The monoisotopic (exact) mass is 266 g/mol. The molecule has 2 aromatic carbocycles. The van der Waals surface area contributed by atoms with Gasteiger partial charge in [0, 0.05) is 12.0 Å². The third kappa shape index (κ3) is 2.01. The van der Waals surface area contributed by atoms with Crippen LogP contribution in [0.5, 0.6) is 0 Å². The van der Waals surface area contributed by atoms with Crippen LogP contribution in [0.3, 0.4) is 0 Å². The zero-order valence-electron chi connectivity index (χ0n) is 12.1. The average Bonchev–Trinajstić information content (AvgIpc) is 2.74. The molecule has 0 fully saturated rings. The summed E-state index contributed by atoms with van der Waals surface area (Å²) >= 11 is 0. The molecule has 3 rings (SSSR count). The van der Waals surface area contributed by atoms with E-state index in [0.29, 0.717) is 0 Å². The van der Waals surface area contributed by atoms with Crippen molar-refractivity contribution in [2.75, 3.05) is 0 Å². The second-order valence-electron chi connectivity index (χ2n) is 5.51. The van der Waals surface area contributed by atoms with Gasteiger partial charge in [0.1, 0.15) is 6.10 Å². The Morgan fingerprint density at radius 1 is 1.05 bits per heavy atom. The molecule has 0 N–H and O–H groups in total. The molecule has 20 heavy (non-hydrogen) atoms. The Labute approximate surface area is 119 Å². The van der Waals surface area contributed by atoms with Crippen molar-refractivity contribution >= 4 is 5.97 Å². The first-order chi connectivity index (χ1) is 9.58. The highest BCUT2D eigenvalue weighted by molar-refractivity contribution is 5.96. The van der Waals surface area contributed by atoms with Crippen LogP contribution >= 0.6 is 0 Å². The van der Waals surface area contributed by atoms with Gasteiger partial charge in [-0.15, -0.1) is 0 Å². The predicted molar refractivity (Wildman–Crippen MR) is 79.0 cm³/mol. The molecular weight excluding hydrogens is 248 g/mol. The van der Waals surface area contributed by atoms with Crippen LogP contribution in [0.1, 0.15) is 44.3 Å². The molecule has 0 saturated carbocycles. The van der Waals surface area contributed by atoms with Gasteiger partial charge in [-0.05, 0) is 43.0 Å². The molecule has 0 aliphatic carbocycles. The lowest BCUT2D eigenvalue weighted by Gasteiger charge is -2.15. The zero-order chi connectivity index (χ0) is 14.3. The molecule has 0 bridgehead atoms. The third-order valence-corrected chi connectivity index (χ3v) is 4.13. The van der Waals surface area contributed by atoms with E-state index in [-0.39, 0.29) is 12.1 Å². The van der Waals surface area contributed by atoms with Gasteiger partial charge >= 0.3 is 5.97 Å². The van der Waals surface area contributed by atoms with Gasteiger partial charge in [0.15, 0.2) is 0 Å². The summed E-state index contributed by atoms with van der Waals surface area (Å²) in [6.45, 7) is 6.15. The van der Waals surface area contributed by atoms with Crippen molar-refractivity contribution in [2.24, 2.45) is 0 Å². The standard InChI is InChI=1S/C18H18O2/c1-11-9-12(2)16-17(13(11)3)15(20-18(16)19)10-14-7-5-4-6-8-14/h4-9,15H,10H2,1-3H3. The quantitative estimate of drug-likeness (QED) is 0.766. The average molecular weight is 266 g/mol. The molecule has 1 atom stereocenters. The van der Waals surface area contributed by atoms with Crippen LogP contribution in [0.2, 0.25) is 0 Å². The Bertz CT molecular complexity index is 672. The molecule has 1 aliphatic heterocycles. The van der Waals surface area contributed by atoms with Crippen LogP contribution in [0.25, 0.3) is 0 Å². The summed E-state index contributed by atoms with van der Waals surface area (Å²) < 4.78 is 5.61. The van der Waals surface area contributed by atoms with Crippen LogP contribution in [0.4, 0.5) is 0 Å². The number of carbonyl (C=O) groups excluding carboxylic acids is 1. The fourth-order valence-electron chi connectivity index (χ4n) is 3.01. The normalized spacial score (nSPS) is 16.9. The molecule has 0 amide bonds. The van der Waals surface area contributed by atoms with Gasteiger partial charge < -0.3 is 4.74 Å². The Balaban J connectivity index is 2.05. The molecule has 1 unspecified atom stereocenters. The molecule has 102 valence electrons. The Morgan fingerprint density at radius 3 is 2.45 bits per heavy atom. The number of carbonyl (C=O) groups is 1. The summed E-state index contributed by atoms with van der Waals surface area (Å²) in [4.78, 5) is 12.1. The van der Waals surface area contributed by atoms with Gasteiger partial charge in [-0.1, -0.05) is 36.4 Å². The lowest BCUT2D eigenvalue weighted by atomic mass is 9.90. The van der Waals surface area contributed by atoms with Crippen LogP contribution < -0.4 is 0 Å². The zero-order valence-corrected chi connectivity index (χ0v) is 12.1. The lowest BCUT2D eigenvalue weighted by molar-refractivity contribution is 0.0386. The van der Waals surface area contributed by atoms with E-state index in [1.807, 2.05) is 25.1 Å². The number of cyclic esters (lactones) is 1. The topological polar surface area (TPSA) is 26.3 Å². The molecule has 0 spiro atoms. The third-order valence-electron chi connectivity index (χ3n) is 4.13. The highest BCUT2D eigenvalue weighted by Crippen LogP contribution is 2.38. The van der Waals surface area contributed by atoms with Crippen molar-refractivity contribution in [3.63, 3.8) is 0 Å². The van der Waals surface area contributed by atoms with Gasteiger partial charge in [-0.25, -0.2) is 4.79 Å². The molecule has 0 saturated heterocycles. The maximum Gasteiger partial charge on any atom is 0.339 e. The number of esters is 1. The smallest absolute Gasteiger partial charge is 0.339 e. The maximum atomic E-state index is 12.1. The summed E-state index contributed by atoms with van der Waals surface area (Å²) in [5.74, 6) is -0.179. The summed E-state index contributed by atoms with van der Waals surface area (Å²) in [5, 5.41) is 0. The first-order valence-electron chi connectivity index (χ1n) is 6.93. The summed E-state index contributed by atoms with van der Waals surface area (Å²) in [6.07, 6.45) is 0.585. The SMILES string of the molecule is Cc1cc(C)c2c(c1C)C(Cc1ccccc1)OC2=O. The van der Waals surface area contributed by atoms with E-state index in [0.717, 1.165) is 23.1 Å². The van der Waals surface area contributed by atoms with Crippen molar-refractivity contribution in [3.8, 4) is 0 Å². The Morgan fingerprint density at radius 2 is 1.75 bits per heavy atom. The minimum atomic E-state index is -0.179. The number of hydrogen-bond donors (Lipinski definition) is 0. The summed E-state index contributed by atoms with van der Waals surface area (Å²) in [7, 11) is 0. The largest absolute Gasteiger partial charge is 0.453 e. The van der Waals surface area contributed by atoms with Crippen LogP contribution in [0.15, 0.2) is 36.4 Å². The second-order valence-corrected chi connectivity index (χ2v) is 5.51. The van der Waals surface area contributed by atoms with Crippen molar-refractivity contribution in [3.05, 3.63) is 69.8 Å². The molecule has 2 aromatic rings. The molecule has 0 radical (unpaired) electrons. The minimum absolute atomic E-state index is 0.154. The van der Waals surface area contributed by atoms with E-state index in [1.165, 1.54) is 16.7 Å². The molecule has 0 aromatic heterocycles. The van der Waals surface area contributed by atoms with Gasteiger partial charge in [0.05, 0.1) is 5.56 Å². The van der Waals surface area contributed by atoms with E-state index >= 15 is 0 Å². The fourth-order valence-corrected chi connectivity index (χ4v) is 3.01. The van der Waals surface area contributed by atoms with Crippen molar-refractivity contribution in [1.29, 1.82) is 0 Å². The Hall–Kier alpha value is -2.09. The highest BCUT2D eigenvalue weighted by atomic mass is 16.5. The summed E-state index contributed by atoms with van der Waals surface area (Å²) in [6, 6.07) is 12.2. The van der Waals surface area contributed by atoms with Crippen LogP contribution in [-0.4, -0.2) is 5.97 Å². The lowest BCUT2D eigenvalue weighted by Crippen LogP contribution is -2.04. The van der Waals surface area contributed by atoms with Crippen molar-refractivity contribution in [2.45, 2.75) is 33.3 Å². The number of ether oxygens (including phenoxy) is 1. The van der Waals surface area contributed by atoms with E-state index in [1.54, 1.807) is 0 Å². The second kappa shape index (κ2) is 4.78. The minimum Gasteiger partial charge on any atom is -0.453 e. The molecular formula is C18H18O2. The van der Waals surface area contributed by atoms with Crippen LogP contribution in [-0.2, 0) is 11.2 Å². The Kier molecular flexibility index (Phi) is 3.09. The van der Waals surface area contributed by atoms with E-state index < -0.39 is 0 Å². The predicted octanol–water partition coefficient (Wildman–Crippen LogP) is 4.07. The first kappa shape index (κ1) is 12.9. The van der Waals surface area contributed by atoms with E-state index in [9.17, 15) is 4.79 Å². The highest BCUT2D eigenvalue weighted by Gasteiger charge is 2.34. The molecule has 1 heterocycles. The first-order valence-corrected chi connectivity index (χ1v) is 6.93. The molecule has 2 heteroatoms. The molecule has 1 aliphatic rings. The number of rotatable bonds is 2.